The van der Waals surface area contributed by atoms with Crippen LogP contribution in [0.3, 0.4) is 0 Å². The van der Waals surface area contributed by atoms with Crippen LogP contribution >= 0.6 is 15.9 Å². The first-order valence-electron chi connectivity index (χ1n) is 7.15. The molecule has 0 saturated heterocycles. The standard InChI is InChI=1S/C17H12BrFN4/c1-10-21-22-16-9-20-17(12-4-2-3-5-14(12)19)13-8-11(18)6-7-15(13)23(10)16/h2-8H,9H2,1H3. The second kappa shape index (κ2) is 5.38. The number of rotatable bonds is 1. The summed E-state index contributed by atoms with van der Waals surface area (Å²) in [5, 5.41) is 8.32. The van der Waals surface area contributed by atoms with Crippen molar-refractivity contribution in [1.29, 1.82) is 0 Å². The Labute approximate surface area is 140 Å². The normalized spacial score (nSPS) is 13.1. The molecule has 4 nitrogen and oxygen atoms in total. The van der Waals surface area contributed by atoms with E-state index in [2.05, 4.69) is 31.1 Å². The lowest BCUT2D eigenvalue weighted by Crippen LogP contribution is -2.09. The van der Waals surface area contributed by atoms with Gasteiger partial charge in [0.2, 0.25) is 0 Å². The van der Waals surface area contributed by atoms with Gasteiger partial charge in [-0.05, 0) is 37.3 Å². The maximum absolute atomic E-state index is 14.3. The highest BCUT2D eigenvalue weighted by Gasteiger charge is 2.23. The van der Waals surface area contributed by atoms with E-state index in [4.69, 9.17) is 0 Å². The molecular weight excluding hydrogens is 359 g/mol. The van der Waals surface area contributed by atoms with E-state index in [1.165, 1.54) is 6.07 Å². The molecule has 114 valence electrons. The van der Waals surface area contributed by atoms with E-state index in [1.807, 2.05) is 35.8 Å². The van der Waals surface area contributed by atoms with E-state index in [0.717, 1.165) is 27.4 Å². The van der Waals surface area contributed by atoms with E-state index in [0.29, 0.717) is 17.8 Å². The minimum atomic E-state index is -0.286. The molecule has 0 radical (unpaired) electrons. The number of benzene rings is 2. The van der Waals surface area contributed by atoms with Crippen molar-refractivity contribution in [3.8, 4) is 5.69 Å². The van der Waals surface area contributed by atoms with Crippen molar-refractivity contribution in [3.05, 3.63) is 75.5 Å². The van der Waals surface area contributed by atoms with Crippen LogP contribution in [0, 0.1) is 12.7 Å². The highest BCUT2D eigenvalue weighted by atomic mass is 79.9. The minimum Gasteiger partial charge on any atom is -0.281 e. The van der Waals surface area contributed by atoms with Gasteiger partial charge in [0, 0.05) is 15.6 Å². The fourth-order valence-corrected chi connectivity index (χ4v) is 3.19. The molecular formula is C17H12BrFN4. The van der Waals surface area contributed by atoms with Gasteiger partial charge in [-0.25, -0.2) is 4.39 Å². The van der Waals surface area contributed by atoms with Gasteiger partial charge in [-0.3, -0.25) is 9.56 Å². The van der Waals surface area contributed by atoms with Crippen molar-refractivity contribution in [2.24, 2.45) is 4.99 Å². The molecule has 4 rings (SSSR count). The number of hydrogen-bond acceptors (Lipinski definition) is 3. The van der Waals surface area contributed by atoms with Crippen molar-refractivity contribution < 1.29 is 4.39 Å². The fraction of sp³-hybridized carbons (Fsp3) is 0.118. The van der Waals surface area contributed by atoms with Crippen LogP contribution in [0.2, 0.25) is 0 Å². The maximum Gasteiger partial charge on any atom is 0.159 e. The summed E-state index contributed by atoms with van der Waals surface area (Å²) >= 11 is 3.49. The van der Waals surface area contributed by atoms with Crippen LogP contribution in [0.15, 0.2) is 51.9 Å². The number of aliphatic imine (C=N–C) groups is 1. The third kappa shape index (κ3) is 2.30. The van der Waals surface area contributed by atoms with Crippen molar-refractivity contribution in [2.45, 2.75) is 13.5 Å². The average molecular weight is 371 g/mol. The Morgan fingerprint density at radius 2 is 1.91 bits per heavy atom. The van der Waals surface area contributed by atoms with Crippen molar-refractivity contribution in [2.75, 3.05) is 0 Å². The molecule has 0 fully saturated rings. The van der Waals surface area contributed by atoms with E-state index in [9.17, 15) is 4.39 Å². The zero-order chi connectivity index (χ0) is 16.0. The molecule has 0 amide bonds. The number of aryl methyl sites for hydroxylation is 1. The van der Waals surface area contributed by atoms with E-state index in [-0.39, 0.29) is 5.82 Å². The van der Waals surface area contributed by atoms with Crippen LogP contribution in [0.4, 0.5) is 4.39 Å². The molecule has 2 aromatic carbocycles. The Morgan fingerprint density at radius 3 is 2.74 bits per heavy atom. The third-order valence-electron chi connectivity index (χ3n) is 3.85. The van der Waals surface area contributed by atoms with Crippen molar-refractivity contribution >= 4 is 21.6 Å². The van der Waals surface area contributed by atoms with Gasteiger partial charge in [0.25, 0.3) is 0 Å². The molecule has 1 aliphatic heterocycles. The van der Waals surface area contributed by atoms with Crippen LogP contribution in [0.25, 0.3) is 5.69 Å². The lowest BCUT2D eigenvalue weighted by atomic mass is 10.00. The van der Waals surface area contributed by atoms with Crippen LogP contribution in [0.1, 0.15) is 22.8 Å². The summed E-state index contributed by atoms with van der Waals surface area (Å²) in [6, 6.07) is 12.6. The maximum atomic E-state index is 14.3. The van der Waals surface area contributed by atoms with Crippen LogP contribution < -0.4 is 0 Å². The van der Waals surface area contributed by atoms with Gasteiger partial charge in [-0.2, -0.15) is 0 Å². The molecule has 0 aliphatic carbocycles. The highest BCUT2D eigenvalue weighted by Crippen LogP contribution is 2.28. The van der Waals surface area contributed by atoms with Gasteiger partial charge in [-0.1, -0.05) is 28.1 Å². The average Bonchev–Trinajstić information content (AvgIpc) is 2.82. The molecule has 0 spiro atoms. The largest absolute Gasteiger partial charge is 0.281 e. The number of fused-ring (bicyclic) bond motifs is 3. The molecule has 3 aromatic rings. The van der Waals surface area contributed by atoms with Gasteiger partial charge < -0.3 is 0 Å². The summed E-state index contributed by atoms with van der Waals surface area (Å²) in [5.74, 6) is 1.25. The molecule has 23 heavy (non-hydrogen) atoms. The summed E-state index contributed by atoms with van der Waals surface area (Å²) < 4.78 is 17.2. The summed E-state index contributed by atoms with van der Waals surface area (Å²) in [6.07, 6.45) is 0. The molecule has 6 heteroatoms. The monoisotopic (exact) mass is 370 g/mol. The van der Waals surface area contributed by atoms with Crippen LogP contribution in [-0.2, 0) is 6.54 Å². The summed E-state index contributed by atoms with van der Waals surface area (Å²) in [7, 11) is 0. The lowest BCUT2D eigenvalue weighted by Gasteiger charge is -2.13. The van der Waals surface area contributed by atoms with E-state index < -0.39 is 0 Å². The fourth-order valence-electron chi connectivity index (χ4n) is 2.83. The zero-order valence-corrected chi connectivity index (χ0v) is 13.9. The van der Waals surface area contributed by atoms with Gasteiger partial charge in [0.1, 0.15) is 18.2 Å². The van der Waals surface area contributed by atoms with Gasteiger partial charge in [0.15, 0.2) is 5.82 Å². The topological polar surface area (TPSA) is 43.1 Å². The Hall–Kier alpha value is -2.34. The number of halogens is 2. The molecule has 0 bridgehead atoms. The molecule has 1 aliphatic rings. The van der Waals surface area contributed by atoms with Gasteiger partial charge >= 0.3 is 0 Å². The number of aromatic nitrogens is 3. The first-order chi connectivity index (χ1) is 11.1. The highest BCUT2D eigenvalue weighted by molar-refractivity contribution is 9.10. The SMILES string of the molecule is Cc1nnc2n1-c1ccc(Br)cc1C(c1ccccc1F)=NC2. The first-order valence-corrected chi connectivity index (χ1v) is 7.95. The number of nitrogens with zero attached hydrogens (tertiary/aromatic N) is 4. The summed E-state index contributed by atoms with van der Waals surface area (Å²) in [6.45, 7) is 2.26. The Balaban J connectivity index is 2.03. The number of hydrogen-bond donors (Lipinski definition) is 0. The van der Waals surface area contributed by atoms with E-state index in [1.54, 1.807) is 12.1 Å². The quantitative estimate of drug-likeness (QED) is 0.653. The molecule has 0 atom stereocenters. The zero-order valence-electron chi connectivity index (χ0n) is 12.3. The summed E-state index contributed by atoms with van der Waals surface area (Å²) in [4.78, 5) is 4.62. The smallest absolute Gasteiger partial charge is 0.159 e. The third-order valence-corrected chi connectivity index (χ3v) is 4.35. The Morgan fingerprint density at radius 1 is 1.09 bits per heavy atom. The Kier molecular flexibility index (Phi) is 3.34. The van der Waals surface area contributed by atoms with Crippen molar-refractivity contribution in [3.63, 3.8) is 0 Å². The second-order valence-corrected chi connectivity index (χ2v) is 6.22. The van der Waals surface area contributed by atoms with Crippen LogP contribution in [0.5, 0.6) is 0 Å². The van der Waals surface area contributed by atoms with Gasteiger partial charge in [-0.15, -0.1) is 10.2 Å². The molecule has 0 saturated carbocycles. The minimum absolute atomic E-state index is 0.286. The van der Waals surface area contributed by atoms with E-state index >= 15 is 0 Å². The lowest BCUT2D eigenvalue weighted by molar-refractivity contribution is 0.625. The molecule has 0 unspecified atom stereocenters. The predicted molar refractivity (Wildman–Crippen MR) is 89.5 cm³/mol. The van der Waals surface area contributed by atoms with Gasteiger partial charge in [0.05, 0.1) is 11.4 Å². The first kappa shape index (κ1) is 14.3. The summed E-state index contributed by atoms with van der Waals surface area (Å²) in [5.41, 5.74) is 2.88. The predicted octanol–water partition coefficient (Wildman–Crippen LogP) is 3.83. The Bertz CT molecular complexity index is 946. The molecule has 0 N–H and O–H groups in total. The molecule has 1 aromatic heterocycles. The van der Waals surface area contributed by atoms with Crippen molar-refractivity contribution in [1.82, 2.24) is 14.8 Å². The second-order valence-electron chi connectivity index (χ2n) is 5.31. The van der Waals surface area contributed by atoms with Crippen LogP contribution in [-0.4, -0.2) is 20.5 Å². The molecule has 2 heterocycles.